The van der Waals surface area contributed by atoms with Crippen molar-refractivity contribution in [3.63, 3.8) is 0 Å². The van der Waals surface area contributed by atoms with Crippen molar-refractivity contribution in [3.05, 3.63) is 64.4 Å². The zero-order valence-corrected chi connectivity index (χ0v) is 13.1. The second-order valence-electron chi connectivity index (χ2n) is 5.24. The van der Waals surface area contributed by atoms with Crippen molar-refractivity contribution in [1.82, 2.24) is 10.2 Å². The highest BCUT2D eigenvalue weighted by atomic mass is 32.1. The Bertz CT molecular complexity index is 830. The molecule has 1 N–H and O–H groups in total. The first-order valence-electron chi connectivity index (χ1n) is 7.35. The highest BCUT2D eigenvalue weighted by molar-refractivity contribution is 7.12. The maximum absolute atomic E-state index is 12.0. The number of benzene rings is 1. The summed E-state index contributed by atoms with van der Waals surface area (Å²) in [6, 6.07) is 15.6. The average molecular weight is 322 g/mol. The number of carbonyl (C=O) groups is 1. The van der Waals surface area contributed by atoms with Crippen molar-refractivity contribution in [3.8, 4) is 0 Å². The van der Waals surface area contributed by atoms with Crippen LogP contribution in [0.1, 0.15) is 15.2 Å². The van der Waals surface area contributed by atoms with E-state index in [1.807, 2.05) is 23.6 Å². The van der Waals surface area contributed by atoms with Gasteiger partial charge in [-0.2, -0.15) is 0 Å². The van der Waals surface area contributed by atoms with Crippen LogP contribution in [0.15, 0.2) is 53.9 Å². The van der Waals surface area contributed by atoms with Gasteiger partial charge in [-0.25, -0.2) is 0 Å². The molecule has 1 aliphatic heterocycles. The highest BCUT2D eigenvalue weighted by Crippen LogP contribution is 2.32. The Morgan fingerprint density at radius 2 is 2.00 bits per heavy atom. The summed E-state index contributed by atoms with van der Waals surface area (Å²) in [4.78, 5) is 14.8. The maximum Gasteiger partial charge on any atom is 0.266 e. The Morgan fingerprint density at radius 1 is 1.09 bits per heavy atom. The predicted octanol–water partition coefficient (Wildman–Crippen LogP) is 3.48. The maximum atomic E-state index is 12.0. The SMILES string of the molecule is O=C(Nc1ccc(N2CCc3ccccc32)nn1)c1cccs1. The van der Waals surface area contributed by atoms with Gasteiger partial charge in [-0.15, -0.1) is 21.5 Å². The molecule has 23 heavy (non-hydrogen) atoms. The second kappa shape index (κ2) is 5.81. The lowest BCUT2D eigenvalue weighted by Crippen LogP contribution is -2.16. The van der Waals surface area contributed by atoms with Gasteiger partial charge in [-0.1, -0.05) is 24.3 Å². The molecule has 0 saturated carbocycles. The number of anilines is 3. The average Bonchev–Trinajstić information content (AvgIpc) is 3.25. The first-order chi connectivity index (χ1) is 11.3. The molecule has 1 amide bonds. The number of amides is 1. The van der Waals surface area contributed by atoms with E-state index in [1.54, 1.807) is 12.1 Å². The van der Waals surface area contributed by atoms with Crippen molar-refractivity contribution in [2.24, 2.45) is 0 Å². The van der Waals surface area contributed by atoms with Crippen molar-refractivity contribution in [2.75, 3.05) is 16.8 Å². The van der Waals surface area contributed by atoms with Gasteiger partial charge in [0, 0.05) is 12.2 Å². The molecule has 0 saturated heterocycles. The molecule has 2 aromatic heterocycles. The van der Waals surface area contributed by atoms with Gasteiger partial charge < -0.3 is 10.2 Å². The van der Waals surface area contributed by atoms with Crippen LogP contribution in [-0.4, -0.2) is 22.6 Å². The summed E-state index contributed by atoms with van der Waals surface area (Å²) in [6.45, 7) is 0.898. The lowest BCUT2D eigenvalue weighted by Gasteiger charge is -2.17. The molecule has 0 unspecified atom stereocenters. The first kappa shape index (κ1) is 13.9. The number of fused-ring (bicyclic) bond motifs is 1. The van der Waals surface area contributed by atoms with E-state index < -0.39 is 0 Å². The van der Waals surface area contributed by atoms with Gasteiger partial charge in [-0.05, 0) is 41.6 Å². The quantitative estimate of drug-likeness (QED) is 0.802. The third kappa shape index (κ3) is 2.68. The number of nitrogens with zero attached hydrogens (tertiary/aromatic N) is 3. The van der Waals surface area contributed by atoms with Crippen LogP contribution in [0.3, 0.4) is 0 Å². The minimum atomic E-state index is -0.159. The number of para-hydroxylation sites is 1. The molecular weight excluding hydrogens is 308 g/mol. The highest BCUT2D eigenvalue weighted by Gasteiger charge is 2.21. The molecule has 3 aromatic rings. The van der Waals surface area contributed by atoms with Crippen LogP contribution in [0.4, 0.5) is 17.3 Å². The summed E-state index contributed by atoms with van der Waals surface area (Å²) in [5.74, 6) is 1.09. The molecule has 1 aromatic carbocycles. The standard InChI is InChI=1S/C17H14N4OS/c22-17(14-6-3-11-23-14)18-15-7-8-16(20-19-15)21-10-9-12-4-1-2-5-13(12)21/h1-8,11H,9-10H2,(H,18,19,22). The Balaban J connectivity index is 1.52. The van der Waals surface area contributed by atoms with E-state index in [4.69, 9.17) is 0 Å². The lowest BCUT2D eigenvalue weighted by molar-refractivity contribution is 0.103. The van der Waals surface area contributed by atoms with Crippen molar-refractivity contribution < 1.29 is 4.79 Å². The Labute approximate surface area is 137 Å². The number of thiophene rings is 1. The summed E-state index contributed by atoms with van der Waals surface area (Å²) >= 11 is 1.40. The zero-order chi connectivity index (χ0) is 15.6. The predicted molar refractivity (Wildman–Crippen MR) is 91.5 cm³/mol. The Kier molecular flexibility index (Phi) is 3.51. The summed E-state index contributed by atoms with van der Waals surface area (Å²) in [6.07, 6.45) is 1.01. The fraction of sp³-hybridized carbons (Fsp3) is 0.118. The molecule has 1 aliphatic rings. The zero-order valence-electron chi connectivity index (χ0n) is 12.3. The minimum Gasteiger partial charge on any atom is -0.324 e. The second-order valence-corrected chi connectivity index (χ2v) is 6.19. The number of nitrogens with one attached hydrogen (secondary N) is 1. The molecule has 4 rings (SSSR count). The monoisotopic (exact) mass is 322 g/mol. The molecule has 0 bridgehead atoms. The molecule has 0 fully saturated rings. The fourth-order valence-corrected chi connectivity index (χ4v) is 3.32. The summed E-state index contributed by atoms with van der Waals surface area (Å²) in [7, 11) is 0. The molecule has 3 heterocycles. The summed E-state index contributed by atoms with van der Waals surface area (Å²) in [5, 5.41) is 13.0. The van der Waals surface area contributed by atoms with Crippen molar-refractivity contribution >= 4 is 34.6 Å². The van der Waals surface area contributed by atoms with Crippen LogP contribution in [0.5, 0.6) is 0 Å². The third-order valence-corrected chi connectivity index (χ3v) is 4.67. The molecule has 5 nitrogen and oxygen atoms in total. The van der Waals surface area contributed by atoms with Gasteiger partial charge in [0.1, 0.15) is 0 Å². The van der Waals surface area contributed by atoms with Gasteiger partial charge in [0.05, 0.1) is 4.88 Å². The fourth-order valence-electron chi connectivity index (χ4n) is 2.70. The van der Waals surface area contributed by atoms with E-state index in [0.29, 0.717) is 10.7 Å². The number of carbonyl (C=O) groups excluding carboxylic acids is 1. The molecule has 114 valence electrons. The van der Waals surface area contributed by atoms with Gasteiger partial charge in [-0.3, -0.25) is 4.79 Å². The van der Waals surface area contributed by atoms with E-state index in [2.05, 4.69) is 38.6 Å². The molecule has 0 radical (unpaired) electrons. The normalized spacial score (nSPS) is 13.0. The van der Waals surface area contributed by atoms with Crippen LogP contribution >= 0.6 is 11.3 Å². The van der Waals surface area contributed by atoms with E-state index in [9.17, 15) is 4.79 Å². The molecular formula is C17H14N4OS. The molecule has 0 atom stereocenters. The van der Waals surface area contributed by atoms with E-state index in [0.717, 1.165) is 18.8 Å². The number of hydrogen-bond donors (Lipinski definition) is 1. The van der Waals surface area contributed by atoms with Gasteiger partial charge in [0.15, 0.2) is 11.6 Å². The van der Waals surface area contributed by atoms with Gasteiger partial charge >= 0.3 is 0 Å². The van der Waals surface area contributed by atoms with Crippen molar-refractivity contribution in [1.29, 1.82) is 0 Å². The van der Waals surface area contributed by atoms with Gasteiger partial charge in [0.2, 0.25) is 0 Å². The van der Waals surface area contributed by atoms with E-state index in [1.165, 1.54) is 22.6 Å². The third-order valence-electron chi connectivity index (χ3n) is 3.80. The molecule has 0 aliphatic carbocycles. The van der Waals surface area contributed by atoms with E-state index in [-0.39, 0.29) is 5.91 Å². The minimum absolute atomic E-state index is 0.159. The summed E-state index contributed by atoms with van der Waals surface area (Å²) < 4.78 is 0. The van der Waals surface area contributed by atoms with Crippen LogP contribution in [0.25, 0.3) is 0 Å². The number of aromatic nitrogens is 2. The van der Waals surface area contributed by atoms with Crippen LogP contribution in [0.2, 0.25) is 0 Å². The molecule has 0 spiro atoms. The topological polar surface area (TPSA) is 58.1 Å². The molecule has 6 heteroatoms. The number of rotatable bonds is 3. The van der Waals surface area contributed by atoms with Crippen LogP contribution in [0, 0.1) is 0 Å². The first-order valence-corrected chi connectivity index (χ1v) is 8.23. The Hall–Kier alpha value is -2.73. The van der Waals surface area contributed by atoms with Gasteiger partial charge in [0.25, 0.3) is 5.91 Å². The van der Waals surface area contributed by atoms with Crippen LogP contribution in [-0.2, 0) is 6.42 Å². The lowest BCUT2D eigenvalue weighted by atomic mass is 10.2. The smallest absolute Gasteiger partial charge is 0.266 e. The largest absolute Gasteiger partial charge is 0.324 e. The van der Waals surface area contributed by atoms with E-state index >= 15 is 0 Å². The number of hydrogen-bond acceptors (Lipinski definition) is 5. The Morgan fingerprint density at radius 3 is 2.78 bits per heavy atom. The van der Waals surface area contributed by atoms with Crippen LogP contribution < -0.4 is 10.2 Å². The summed E-state index contributed by atoms with van der Waals surface area (Å²) in [5.41, 5.74) is 2.50. The van der Waals surface area contributed by atoms with Crippen molar-refractivity contribution in [2.45, 2.75) is 6.42 Å².